The Balaban J connectivity index is 1.45. The quantitative estimate of drug-likeness (QED) is 0.723. The van der Waals surface area contributed by atoms with Gasteiger partial charge in [0.25, 0.3) is 0 Å². The van der Waals surface area contributed by atoms with E-state index >= 15 is 0 Å². The molecule has 0 N–H and O–H groups in total. The predicted molar refractivity (Wildman–Crippen MR) is 99.8 cm³/mol. The van der Waals surface area contributed by atoms with Crippen molar-refractivity contribution < 1.29 is 0 Å². The fourth-order valence-corrected chi connectivity index (χ4v) is 3.14. The highest BCUT2D eigenvalue weighted by Gasteiger charge is 2.19. The summed E-state index contributed by atoms with van der Waals surface area (Å²) in [7, 11) is 1.89. The van der Waals surface area contributed by atoms with Gasteiger partial charge in [-0.25, -0.2) is 4.98 Å². The Kier molecular flexibility index (Phi) is 4.23. The Bertz CT molecular complexity index is 931. The van der Waals surface area contributed by atoms with E-state index in [1.165, 1.54) is 0 Å². The van der Waals surface area contributed by atoms with E-state index in [4.69, 9.17) is 10.2 Å². The zero-order valence-corrected chi connectivity index (χ0v) is 14.6. The number of hydrogen-bond acceptors (Lipinski definition) is 6. The second kappa shape index (κ2) is 6.84. The highest BCUT2D eigenvalue weighted by atomic mass is 15.3. The highest BCUT2D eigenvalue weighted by Crippen LogP contribution is 2.22. The van der Waals surface area contributed by atoms with Gasteiger partial charge in [-0.05, 0) is 24.3 Å². The average Bonchev–Trinajstić information content (AvgIpc) is 3.15. The Morgan fingerprint density at radius 3 is 2.35 bits per heavy atom. The van der Waals surface area contributed by atoms with Crippen molar-refractivity contribution in [2.45, 2.75) is 0 Å². The number of rotatable bonds is 3. The summed E-state index contributed by atoms with van der Waals surface area (Å²) in [5.74, 6) is 0.894. The van der Waals surface area contributed by atoms with E-state index in [9.17, 15) is 0 Å². The lowest BCUT2D eigenvalue weighted by molar-refractivity contribution is 0.646. The van der Waals surface area contributed by atoms with Crippen LogP contribution in [-0.2, 0) is 7.05 Å². The molecule has 1 saturated heterocycles. The third kappa shape index (κ3) is 3.22. The van der Waals surface area contributed by atoms with Gasteiger partial charge >= 0.3 is 0 Å². The molecule has 7 nitrogen and oxygen atoms in total. The van der Waals surface area contributed by atoms with Gasteiger partial charge in [-0.1, -0.05) is 0 Å². The molecule has 0 amide bonds. The molecule has 130 valence electrons. The van der Waals surface area contributed by atoms with Gasteiger partial charge in [-0.3, -0.25) is 9.67 Å². The van der Waals surface area contributed by atoms with Crippen LogP contribution < -0.4 is 9.80 Å². The molecule has 26 heavy (non-hydrogen) atoms. The van der Waals surface area contributed by atoms with Crippen LogP contribution in [0, 0.1) is 11.3 Å². The second-order valence-corrected chi connectivity index (χ2v) is 6.30. The average molecular weight is 345 g/mol. The summed E-state index contributed by atoms with van der Waals surface area (Å²) >= 11 is 0. The topological polar surface area (TPSA) is 73.9 Å². The van der Waals surface area contributed by atoms with Crippen LogP contribution >= 0.6 is 0 Å². The minimum atomic E-state index is 0.690. The fourth-order valence-electron chi connectivity index (χ4n) is 3.14. The zero-order chi connectivity index (χ0) is 17.9. The van der Waals surface area contributed by atoms with Crippen LogP contribution in [0.25, 0.3) is 11.3 Å². The monoisotopic (exact) mass is 345 g/mol. The number of nitrogens with zero attached hydrogens (tertiary/aromatic N) is 7. The largest absolute Gasteiger partial charge is 0.368 e. The van der Waals surface area contributed by atoms with Gasteiger partial charge in [0.15, 0.2) is 0 Å². The Hall–Kier alpha value is -3.40. The highest BCUT2D eigenvalue weighted by molar-refractivity contribution is 5.58. The summed E-state index contributed by atoms with van der Waals surface area (Å²) in [5, 5.41) is 13.1. The summed E-state index contributed by atoms with van der Waals surface area (Å²) in [6.45, 7) is 3.58. The summed E-state index contributed by atoms with van der Waals surface area (Å²) in [6, 6.07) is 9.91. The molecule has 0 unspecified atom stereocenters. The van der Waals surface area contributed by atoms with Crippen LogP contribution in [0.2, 0.25) is 0 Å². The Morgan fingerprint density at radius 1 is 0.962 bits per heavy atom. The van der Waals surface area contributed by atoms with E-state index in [0.29, 0.717) is 5.56 Å². The molecule has 4 rings (SSSR count). The lowest BCUT2D eigenvalue weighted by atomic mass is 10.2. The Labute approximate surface area is 152 Å². The third-order valence-electron chi connectivity index (χ3n) is 4.59. The second-order valence-electron chi connectivity index (χ2n) is 6.30. The predicted octanol–water partition coefficient (Wildman–Crippen LogP) is 2.08. The minimum absolute atomic E-state index is 0.690. The standard InChI is InChI=1S/C19H19N7/c1-24-14-16(11-22-24)18-12-21-13-19(23-18)26-8-6-25(7-9-26)17-4-2-15(10-20)3-5-17/h2-5,11-14H,6-9H2,1H3. The fraction of sp³-hybridized carbons (Fsp3) is 0.263. The molecule has 0 radical (unpaired) electrons. The molecule has 1 aliphatic heterocycles. The van der Waals surface area contributed by atoms with Gasteiger partial charge in [-0.2, -0.15) is 10.4 Å². The molecule has 0 spiro atoms. The summed E-state index contributed by atoms with van der Waals surface area (Å²) in [4.78, 5) is 13.7. The summed E-state index contributed by atoms with van der Waals surface area (Å²) in [5.41, 5.74) is 3.65. The van der Waals surface area contributed by atoms with E-state index in [0.717, 1.165) is 48.9 Å². The van der Waals surface area contributed by atoms with Gasteiger partial charge in [0.05, 0.1) is 35.9 Å². The number of benzene rings is 1. The molecule has 2 aromatic heterocycles. The van der Waals surface area contributed by atoms with Crippen molar-refractivity contribution in [1.29, 1.82) is 5.26 Å². The van der Waals surface area contributed by atoms with Crippen LogP contribution in [-0.4, -0.2) is 45.9 Å². The van der Waals surface area contributed by atoms with E-state index in [-0.39, 0.29) is 0 Å². The molecule has 3 aromatic rings. The third-order valence-corrected chi connectivity index (χ3v) is 4.59. The maximum Gasteiger partial charge on any atom is 0.147 e. The first-order valence-electron chi connectivity index (χ1n) is 8.54. The lowest BCUT2D eigenvalue weighted by Crippen LogP contribution is -2.46. The maximum absolute atomic E-state index is 8.92. The summed E-state index contributed by atoms with van der Waals surface area (Å²) < 4.78 is 1.76. The van der Waals surface area contributed by atoms with Crippen molar-refractivity contribution in [3.63, 3.8) is 0 Å². The number of hydrogen-bond donors (Lipinski definition) is 0. The van der Waals surface area contributed by atoms with E-state index < -0.39 is 0 Å². The molecule has 0 atom stereocenters. The molecule has 3 heterocycles. The lowest BCUT2D eigenvalue weighted by Gasteiger charge is -2.36. The van der Waals surface area contributed by atoms with Crippen molar-refractivity contribution in [3.8, 4) is 17.3 Å². The molecule has 1 aliphatic rings. The molecular weight excluding hydrogens is 326 g/mol. The first-order valence-corrected chi connectivity index (χ1v) is 8.54. The van der Waals surface area contributed by atoms with Gasteiger partial charge in [0.1, 0.15) is 5.82 Å². The first-order chi connectivity index (χ1) is 12.7. The van der Waals surface area contributed by atoms with Crippen LogP contribution in [0.5, 0.6) is 0 Å². The number of piperazine rings is 1. The van der Waals surface area contributed by atoms with Crippen LogP contribution in [0.4, 0.5) is 11.5 Å². The molecule has 7 heteroatoms. The normalized spacial score (nSPS) is 14.3. The number of aryl methyl sites for hydroxylation is 1. The van der Waals surface area contributed by atoms with Crippen molar-refractivity contribution in [2.75, 3.05) is 36.0 Å². The molecule has 1 aromatic carbocycles. The molecule has 1 fully saturated rings. The molecular formula is C19H19N7. The number of anilines is 2. The number of aromatic nitrogens is 4. The van der Waals surface area contributed by atoms with Crippen molar-refractivity contribution in [1.82, 2.24) is 19.7 Å². The van der Waals surface area contributed by atoms with Gasteiger partial charge < -0.3 is 9.80 Å². The molecule has 0 bridgehead atoms. The van der Waals surface area contributed by atoms with Gasteiger partial charge in [0.2, 0.25) is 0 Å². The SMILES string of the molecule is Cn1cc(-c2cncc(N3CCN(c4ccc(C#N)cc4)CC3)n2)cn1. The zero-order valence-electron chi connectivity index (χ0n) is 14.6. The smallest absolute Gasteiger partial charge is 0.147 e. The molecule has 0 aliphatic carbocycles. The maximum atomic E-state index is 8.92. The summed E-state index contributed by atoms with van der Waals surface area (Å²) in [6.07, 6.45) is 7.33. The molecule has 0 saturated carbocycles. The van der Waals surface area contributed by atoms with Crippen molar-refractivity contribution >= 4 is 11.5 Å². The van der Waals surface area contributed by atoms with E-state index in [1.54, 1.807) is 17.1 Å². The minimum Gasteiger partial charge on any atom is -0.368 e. The van der Waals surface area contributed by atoms with E-state index in [1.807, 2.05) is 43.7 Å². The van der Waals surface area contributed by atoms with Crippen molar-refractivity contribution in [2.24, 2.45) is 7.05 Å². The van der Waals surface area contributed by atoms with Gasteiger partial charge in [-0.15, -0.1) is 0 Å². The van der Waals surface area contributed by atoms with Crippen LogP contribution in [0.3, 0.4) is 0 Å². The van der Waals surface area contributed by atoms with E-state index in [2.05, 4.69) is 26.0 Å². The van der Waals surface area contributed by atoms with Crippen LogP contribution in [0.1, 0.15) is 5.56 Å². The Morgan fingerprint density at radius 2 is 1.69 bits per heavy atom. The van der Waals surface area contributed by atoms with Crippen molar-refractivity contribution in [3.05, 3.63) is 54.6 Å². The van der Waals surface area contributed by atoms with Crippen LogP contribution in [0.15, 0.2) is 49.1 Å². The number of nitriles is 1. The first kappa shape index (κ1) is 16.1. The van der Waals surface area contributed by atoms with Gasteiger partial charge in [0, 0.05) is 50.7 Å².